The molecule has 3 N–H and O–H groups in total. The van der Waals surface area contributed by atoms with Gasteiger partial charge in [0, 0.05) is 21.2 Å². The number of H-pyrrole nitrogens is 1. The van der Waals surface area contributed by atoms with Crippen molar-refractivity contribution < 1.29 is 4.79 Å². The summed E-state index contributed by atoms with van der Waals surface area (Å²) < 4.78 is 0.996. The largest absolute Gasteiger partial charge is 0.383 e. The topological polar surface area (TPSA) is 71.8 Å². The molecular formula is C9H8BrN3OS. The average molecular weight is 286 g/mol. The third kappa shape index (κ3) is 2.27. The van der Waals surface area contributed by atoms with Gasteiger partial charge < -0.3 is 5.73 Å². The van der Waals surface area contributed by atoms with E-state index in [1.54, 1.807) is 11.3 Å². The number of nitrogens with two attached hydrogens (primary N) is 1. The van der Waals surface area contributed by atoms with Crippen LogP contribution in [0, 0.1) is 0 Å². The Hall–Kier alpha value is -1.14. The van der Waals surface area contributed by atoms with Crippen molar-refractivity contribution in [1.29, 1.82) is 0 Å². The van der Waals surface area contributed by atoms with E-state index in [9.17, 15) is 4.79 Å². The first-order valence-electron chi connectivity index (χ1n) is 4.22. The number of carbonyl (C=O) groups excluding carboxylic acids is 1. The second-order valence-corrected chi connectivity index (χ2v) is 4.94. The third-order valence-corrected chi connectivity index (χ3v) is 3.62. The van der Waals surface area contributed by atoms with Gasteiger partial charge in [-0.15, -0.1) is 11.3 Å². The van der Waals surface area contributed by atoms with Gasteiger partial charge in [0.1, 0.15) is 5.82 Å². The van der Waals surface area contributed by atoms with Crippen molar-refractivity contribution in [3.05, 3.63) is 32.6 Å². The number of aromatic amines is 1. The molecule has 0 unspecified atom stereocenters. The minimum absolute atomic E-state index is 0.0180. The van der Waals surface area contributed by atoms with Gasteiger partial charge in [0.25, 0.3) is 0 Å². The first kappa shape index (κ1) is 10.4. The number of aromatic nitrogens is 2. The fraction of sp³-hybridized carbons (Fsp3) is 0.111. The molecule has 6 heteroatoms. The fourth-order valence-corrected chi connectivity index (χ4v) is 2.67. The standard InChI is InChI=1S/C9H8BrN3OS/c10-5-1-6(15-4-5)2-8(14)7-3-12-13-9(7)11/h1,3-4H,2H2,(H3,11,12,13). The number of rotatable bonds is 3. The monoisotopic (exact) mass is 285 g/mol. The average Bonchev–Trinajstić information content (AvgIpc) is 2.75. The Morgan fingerprint density at radius 2 is 2.47 bits per heavy atom. The number of hydrogen-bond acceptors (Lipinski definition) is 4. The number of nitrogen functional groups attached to an aromatic ring is 1. The van der Waals surface area contributed by atoms with Gasteiger partial charge in [-0.25, -0.2) is 0 Å². The molecule has 2 rings (SSSR count). The molecule has 78 valence electrons. The maximum absolute atomic E-state index is 11.8. The number of nitrogens with one attached hydrogen (secondary N) is 1. The smallest absolute Gasteiger partial charge is 0.173 e. The van der Waals surface area contributed by atoms with Crippen molar-refractivity contribution in [2.45, 2.75) is 6.42 Å². The van der Waals surface area contributed by atoms with Crippen LogP contribution in [0.3, 0.4) is 0 Å². The van der Waals surface area contributed by atoms with Gasteiger partial charge in [0.2, 0.25) is 0 Å². The van der Waals surface area contributed by atoms with Crippen LogP contribution in [0.4, 0.5) is 5.82 Å². The predicted molar refractivity (Wildman–Crippen MR) is 63.1 cm³/mol. The lowest BCUT2D eigenvalue weighted by Crippen LogP contribution is -2.04. The van der Waals surface area contributed by atoms with Crippen molar-refractivity contribution in [3.8, 4) is 0 Å². The van der Waals surface area contributed by atoms with E-state index in [0.29, 0.717) is 17.8 Å². The number of halogens is 1. The summed E-state index contributed by atoms with van der Waals surface area (Å²) in [7, 11) is 0. The SMILES string of the molecule is Nc1[nH]ncc1C(=O)Cc1cc(Br)cs1. The first-order valence-corrected chi connectivity index (χ1v) is 5.89. The number of ketones is 1. The molecule has 4 nitrogen and oxygen atoms in total. The van der Waals surface area contributed by atoms with Crippen molar-refractivity contribution in [2.75, 3.05) is 5.73 Å². The molecule has 0 aromatic carbocycles. The lowest BCUT2D eigenvalue weighted by molar-refractivity contribution is 0.0994. The molecule has 0 bridgehead atoms. The number of Topliss-reactive ketones (excluding diaryl/α,β-unsaturated/α-hetero) is 1. The second-order valence-electron chi connectivity index (χ2n) is 3.03. The van der Waals surface area contributed by atoms with Crippen LogP contribution in [0.15, 0.2) is 22.1 Å². The lowest BCUT2D eigenvalue weighted by atomic mass is 10.1. The van der Waals surface area contributed by atoms with Crippen LogP contribution >= 0.6 is 27.3 Å². The Morgan fingerprint density at radius 1 is 1.67 bits per heavy atom. The Morgan fingerprint density at radius 3 is 3.00 bits per heavy atom. The van der Waals surface area contributed by atoms with Gasteiger partial charge in [0.15, 0.2) is 5.78 Å². The highest BCUT2D eigenvalue weighted by molar-refractivity contribution is 9.10. The zero-order valence-corrected chi connectivity index (χ0v) is 10.1. The summed E-state index contributed by atoms with van der Waals surface area (Å²) in [4.78, 5) is 12.8. The number of anilines is 1. The van der Waals surface area contributed by atoms with E-state index in [1.165, 1.54) is 6.20 Å². The summed E-state index contributed by atoms with van der Waals surface area (Å²) in [5.41, 5.74) is 6.01. The van der Waals surface area contributed by atoms with E-state index in [0.717, 1.165) is 9.35 Å². The molecule has 0 aliphatic carbocycles. The molecule has 2 aromatic heterocycles. The summed E-state index contributed by atoms with van der Waals surface area (Å²) in [6, 6.07) is 1.93. The molecule has 0 amide bonds. The Balaban J connectivity index is 2.14. The van der Waals surface area contributed by atoms with Crippen LogP contribution in [0.1, 0.15) is 15.2 Å². The van der Waals surface area contributed by atoms with Crippen LogP contribution in [-0.4, -0.2) is 16.0 Å². The maximum atomic E-state index is 11.8. The first-order chi connectivity index (χ1) is 7.16. The zero-order valence-electron chi connectivity index (χ0n) is 7.66. The highest BCUT2D eigenvalue weighted by Gasteiger charge is 2.13. The summed E-state index contributed by atoms with van der Waals surface area (Å²) in [6.45, 7) is 0. The van der Waals surface area contributed by atoms with Gasteiger partial charge >= 0.3 is 0 Å². The second kappa shape index (κ2) is 4.16. The minimum atomic E-state index is -0.0180. The van der Waals surface area contributed by atoms with E-state index in [4.69, 9.17) is 5.73 Å². The van der Waals surface area contributed by atoms with Gasteiger partial charge in [-0.2, -0.15) is 5.10 Å². The van der Waals surface area contributed by atoms with Crippen LogP contribution in [0.25, 0.3) is 0 Å². The van der Waals surface area contributed by atoms with Crippen molar-refractivity contribution in [2.24, 2.45) is 0 Å². The van der Waals surface area contributed by atoms with Crippen molar-refractivity contribution >= 4 is 38.9 Å². The molecule has 0 fully saturated rings. The van der Waals surface area contributed by atoms with E-state index in [2.05, 4.69) is 26.1 Å². The van der Waals surface area contributed by atoms with Gasteiger partial charge in [0.05, 0.1) is 11.8 Å². The molecule has 0 saturated carbocycles. The van der Waals surface area contributed by atoms with E-state index >= 15 is 0 Å². The molecule has 0 aliphatic heterocycles. The molecule has 0 aliphatic rings. The molecule has 2 heterocycles. The highest BCUT2D eigenvalue weighted by atomic mass is 79.9. The third-order valence-electron chi connectivity index (χ3n) is 1.93. The molecule has 0 spiro atoms. The number of thiophene rings is 1. The number of nitrogens with zero attached hydrogens (tertiary/aromatic N) is 1. The summed E-state index contributed by atoms with van der Waals surface area (Å²) >= 11 is 4.88. The summed E-state index contributed by atoms with van der Waals surface area (Å²) in [5.74, 6) is 0.311. The van der Waals surface area contributed by atoms with Crippen LogP contribution < -0.4 is 5.73 Å². The Bertz CT molecular complexity index is 491. The van der Waals surface area contributed by atoms with Crippen LogP contribution in [-0.2, 0) is 6.42 Å². The van der Waals surface area contributed by atoms with Crippen LogP contribution in [0.5, 0.6) is 0 Å². The Kier molecular flexibility index (Phi) is 2.88. The summed E-state index contributed by atoms with van der Waals surface area (Å²) in [5, 5.41) is 8.20. The predicted octanol–water partition coefficient (Wildman–Crippen LogP) is 2.24. The van der Waals surface area contributed by atoms with Crippen molar-refractivity contribution in [1.82, 2.24) is 10.2 Å². The maximum Gasteiger partial charge on any atom is 0.173 e. The van der Waals surface area contributed by atoms with E-state index in [1.807, 2.05) is 11.4 Å². The van der Waals surface area contributed by atoms with E-state index < -0.39 is 0 Å². The Labute approximate surface area is 98.6 Å². The van der Waals surface area contributed by atoms with Gasteiger partial charge in [-0.1, -0.05) is 0 Å². The highest BCUT2D eigenvalue weighted by Crippen LogP contribution is 2.21. The minimum Gasteiger partial charge on any atom is -0.383 e. The molecule has 0 radical (unpaired) electrons. The zero-order chi connectivity index (χ0) is 10.8. The quantitative estimate of drug-likeness (QED) is 0.850. The molecule has 0 saturated heterocycles. The summed E-state index contributed by atoms with van der Waals surface area (Å²) in [6.07, 6.45) is 1.82. The number of hydrogen-bond donors (Lipinski definition) is 2. The fourth-order valence-electron chi connectivity index (χ4n) is 1.22. The van der Waals surface area contributed by atoms with Crippen molar-refractivity contribution in [3.63, 3.8) is 0 Å². The normalized spacial score (nSPS) is 10.5. The lowest BCUT2D eigenvalue weighted by Gasteiger charge is -1.95. The number of carbonyl (C=O) groups is 1. The van der Waals surface area contributed by atoms with E-state index in [-0.39, 0.29) is 5.78 Å². The molecule has 2 aromatic rings. The molecule has 0 atom stereocenters. The van der Waals surface area contributed by atoms with Gasteiger partial charge in [-0.3, -0.25) is 9.89 Å². The van der Waals surface area contributed by atoms with Crippen LogP contribution in [0.2, 0.25) is 0 Å². The van der Waals surface area contributed by atoms with Gasteiger partial charge in [-0.05, 0) is 22.0 Å². The molecular weight excluding hydrogens is 278 g/mol. The molecule has 15 heavy (non-hydrogen) atoms.